The van der Waals surface area contributed by atoms with E-state index in [9.17, 15) is 4.79 Å². The van der Waals surface area contributed by atoms with Crippen LogP contribution in [0, 0.1) is 0 Å². The van der Waals surface area contributed by atoms with Gasteiger partial charge in [0.1, 0.15) is 11.8 Å². The van der Waals surface area contributed by atoms with Crippen LogP contribution in [0.4, 0.5) is 0 Å². The van der Waals surface area contributed by atoms with Crippen molar-refractivity contribution in [2.24, 2.45) is 5.10 Å². The van der Waals surface area contributed by atoms with Crippen LogP contribution in [0.2, 0.25) is 5.02 Å². The van der Waals surface area contributed by atoms with Crippen molar-refractivity contribution in [2.75, 3.05) is 19.9 Å². The lowest BCUT2D eigenvalue weighted by Gasteiger charge is -2.25. The van der Waals surface area contributed by atoms with Gasteiger partial charge in [0.15, 0.2) is 11.5 Å². The van der Waals surface area contributed by atoms with Gasteiger partial charge in [-0.2, -0.15) is 5.10 Å². The number of hydrogen-bond donors (Lipinski definition) is 0. The summed E-state index contributed by atoms with van der Waals surface area (Å²) in [6.07, 6.45) is 2.20. The molecular formula is C25H24ClN3O4. The van der Waals surface area contributed by atoms with Crippen molar-refractivity contribution in [2.45, 2.75) is 25.9 Å². The molecule has 1 amide bonds. The summed E-state index contributed by atoms with van der Waals surface area (Å²) in [5.41, 5.74) is 2.84. The number of halogens is 1. The minimum atomic E-state index is -0.276. The minimum Gasteiger partial charge on any atom is -0.467 e. The first-order chi connectivity index (χ1) is 16.1. The summed E-state index contributed by atoms with van der Waals surface area (Å²) in [5.74, 6) is 2.13. The van der Waals surface area contributed by atoms with Crippen LogP contribution in [-0.2, 0) is 11.3 Å². The minimum absolute atomic E-state index is 0.0806. The second-order valence-corrected chi connectivity index (χ2v) is 8.45. The molecule has 5 rings (SSSR count). The Morgan fingerprint density at radius 1 is 1.15 bits per heavy atom. The van der Waals surface area contributed by atoms with Crippen LogP contribution in [0.3, 0.4) is 0 Å². The fourth-order valence-corrected chi connectivity index (χ4v) is 4.23. The van der Waals surface area contributed by atoms with E-state index in [2.05, 4.69) is 4.90 Å². The number of amides is 1. The molecule has 3 aromatic rings. The van der Waals surface area contributed by atoms with Gasteiger partial charge in [-0.3, -0.25) is 9.69 Å². The number of furan rings is 1. The van der Waals surface area contributed by atoms with E-state index in [4.69, 9.17) is 30.6 Å². The van der Waals surface area contributed by atoms with Gasteiger partial charge in [0.05, 0.1) is 18.5 Å². The molecule has 0 fully saturated rings. The molecule has 0 saturated carbocycles. The summed E-state index contributed by atoms with van der Waals surface area (Å²) in [4.78, 5) is 15.5. The normalized spacial score (nSPS) is 17.0. The number of likely N-dealkylation sites (N-methyl/N-ethyl adjacent to an activating group) is 1. The number of fused-ring (bicyclic) bond motifs is 1. The van der Waals surface area contributed by atoms with Crippen LogP contribution in [0.25, 0.3) is 0 Å². The molecule has 0 bridgehead atoms. The average Bonchev–Trinajstić information content (AvgIpc) is 3.59. The van der Waals surface area contributed by atoms with E-state index in [1.807, 2.05) is 61.5 Å². The number of carbonyl (C=O) groups excluding carboxylic acids is 1. The van der Waals surface area contributed by atoms with E-state index in [1.165, 1.54) is 0 Å². The molecule has 1 aromatic heterocycles. The number of rotatable bonds is 7. The number of hydrazone groups is 1. The van der Waals surface area contributed by atoms with Gasteiger partial charge in [0.2, 0.25) is 6.79 Å². The Kier molecular flexibility index (Phi) is 6.07. The van der Waals surface area contributed by atoms with Gasteiger partial charge >= 0.3 is 0 Å². The van der Waals surface area contributed by atoms with Crippen molar-refractivity contribution >= 4 is 23.2 Å². The first kappa shape index (κ1) is 21.6. The smallest absolute Gasteiger partial charge is 0.257 e. The lowest BCUT2D eigenvalue weighted by Crippen LogP contribution is -2.37. The van der Waals surface area contributed by atoms with Crippen LogP contribution < -0.4 is 9.47 Å². The molecule has 8 heteroatoms. The standard InChI is InChI=1S/C25H24ClN3O4/c1-2-28(14-17-5-10-23-24(12-17)33-16-32-23)15-25(30)29-21(22-4-3-11-31-22)13-20(27-29)18-6-8-19(26)9-7-18/h3-12,21H,2,13-16H2,1H3/t21-/m0/s1. The lowest BCUT2D eigenvalue weighted by atomic mass is 10.0. The number of benzene rings is 2. The van der Waals surface area contributed by atoms with Gasteiger partial charge in [0.25, 0.3) is 5.91 Å². The van der Waals surface area contributed by atoms with Crippen molar-refractivity contribution in [3.05, 3.63) is 82.8 Å². The SMILES string of the molecule is CCN(CC(=O)N1N=C(c2ccc(Cl)cc2)C[C@H]1c1ccco1)Cc1ccc2c(c1)OCO2. The van der Waals surface area contributed by atoms with Crippen LogP contribution in [0.5, 0.6) is 11.5 Å². The zero-order valence-electron chi connectivity index (χ0n) is 18.2. The third-order valence-electron chi connectivity index (χ3n) is 5.86. The number of hydrogen-bond acceptors (Lipinski definition) is 6. The van der Waals surface area contributed by atoms with Crippen LogP contribution in [-0.4, -0.2) is 41.4 Å². The number of nitrogens with zero attached hydrogens (tertiary/aromatic N) is 3. The molecule has 2 aliphatic rings. The van der Waals surface area contributed by atoms with Gasteiger partial charge in [0, 0.05) is 18.0 Å². The fourth-order valence-electron chi connectivity index (χ4n) is 4.10. The summed E-state index contributed by atoms with van der Waals surface area (Å²) in [6.45, 7) is 3.85. The van der Waals surface area contributed by atoms with E-state index in [1.54, 1.807) is 11.3 Å². The predicted molar refractivity (Wildman–Crippen MR) is 124 cm³/mol. The van der Waals surface area contributed by atoms with Crippen LogP contribution in [0.15, 0.2) is 70.4 Å². The van der Waals surface area contributed by atoms with Crippen molar-refractivity contribution in [1.29, 1.82) is 0 Å². The molecule has 0 saturated heterocycles. The van der Waals surface area contributed by atoms with Crippen LogP contribution >= 0.6 is 11.6 Å². The highest BCUT2D eigenvalue weighted by Gasteiger charge is 2.35. The molecule has 3 heterocycles. The van der Waals surface area contributed by atoms with Gasteiger partial charge in [-0.1, -0.05) is 36.7 Å². The Hall–Kier alpha value is -3.29. The van der Waals surface area contributed by atoms with Crippen LogP contribution in [0.1, 0.15) is 36.3 Å². The van der Waals surface area contributed by atoms with Gasteiger partial charge in [-0.25, -0.2) is 5.01 Å². The molecule has 33 heavy (non-hydrogen) atoms. The highest BCUT2D eigenvalue weighted by atomic mass is 35.5. The number of ether oxygens (including phenoxy) is 2. The van der Waals surface area contributed by atoms with E-state index in [0.29, 0.717) is 24.5 Å². The molecular weight excluding hydrogens is 442 g/mol. The predicted octanol–water partition coefficient (Wildman–Crippen LogP) is 4.86. The molecule has 0 aliphatic carbocycles. The molecule has 2 aliphatic heterocycles. The number of carbonyl (C=O) groups is 1. The Labute approximate surface area is 197 Å². The molecule has 0 radical (unpaired) electrons. The summed E-state index contributed by atoms with van der Waals surface area (Å²) in [7, 11) is 0. The summed E-state index contributed by atoms with van der Waals surface area (Å²) < 4.78 is 16.5. The molecule has 0 N–H and O–H groups in total. The largest absolute Gasteiger partial charge is 0.467 e. The third-order valence-corrected chi connectivity index (χ3v) is 6.12. The molecule has 170 valence electrons. The summed E-state index contributed by atoms with van der Waals surface area (Å²) in [6, 6.07) is 16.8. The quantitative estimate of drug-likeness (QED) is 0.498. The fraction of sp³-hybridized carbons (Fsp3) is 0.280. The average molecular weight is 466 g/mol. The molecule has 1 atom stereocenters. The summed E-state index contributed by atoms with van der Waals surface area (Å²) >= 11 is 6.04. The second kappa shape index (κ2) is 9.29. The van der Waals surface area contributed by atoms with Gasteiger partial charge in [-0.05, 0) is 54.1 Å². The summed E-state index contributed by atoms with van der Waals surface area (Å²) in [5, 5.41) is 6.92. The van der Waals surface area contributed by atoms with Crippen molar-refractivity contribution in [1.82, 2.24) is 9.91 Å². The second-order valence-electron chi connectivity index (χ2n) is 8.02. The molecule has 0 spiro atoms. The van der Waals surface area contributed by atoms with E-state index >= 15 is 0 Å². The van der Waals surface area contributed by atoms with E-state index in [0.717, 1.165) is 34.1 Å². The molecule has 7 nitrogen and oxygen atoms in total. The zero-order valence-corrected chi connectivity index (χ0v) is 19.0. The Balaban J connectivity index is 1.34. The van der Waals surface area contributed by atoms with Gasteiger partial charge < -0.3 is 13.9 Å². The maximum absolute atomic E-state index is 13.4. The van der Waals surface area contributed by atoms with Crippen molar-refractivity contribution in [3.8, 4) is 11.5 Å². The topological polar surface area (TPSA) is 67.5 Å². The molecule has 2 aromatic carbocycles. The highest BCUT2D eigenvalue weighted by molar-refractivity contribution is 6.30. The lowest BCUT2D eigenvalue weighted by molar-refractivity contribution is -0.134. The van der Waals surface area contributed by atoms with Crippen molar-refractivity contribution < 1.29 is 18.7 Å². The zero-order chi connectivity index (χ0) is 22.8. The van der Waals surface area contributed by atoms with E-state index in [-0.39, 0.29) is 25.3 Å². The monoisotopic (exact) mass is 465 g/mol. The maximum atomic E-state index is 13.4. The third kappa shape index (κ3) is 4.60. The first-order valence-electron chi connectivity index (χ1n) is 10.9. The Morgan fingerprint density at radius 2 is 1.97 bits per heavy atom. The Bertz CT molecular complexity index is 1160. The highest BCUT2D eigenvalue weighted by Crippen LogP contribution is 2.34. The first-order valence-corrected chi connectivity index (χ1v) is 11.3. The Morgan fingerprint density at radius 3 is 2.73 bits per heavy atom. The maximum Gasteiger partial charge on any atom is 0.257 e. The van der Waals surface area contributed by atoms with Crippen molar-refractivity contribution in [3.63, 3.8) is 0 Å². The van der Waals surface area contributed by atoms with Gasteiger partial charge in [-0.15, -0.1) is 0 Å². The molecule has 0 unspecified atom stereocenters. The van der Waals surface area contributed by atoms with E-state index < -0.39 is 0 Å².